The van der Waals surface area contributed by atoms with Crippen molar-refractivity contribution in [2.75, 3.05) is 6.61 Å². The molecule has 3 nitrogen and oxygen atoms in total. The van der Waals surface area contributed by atoms with Crippen LogP contribution in [0.15, 0.2) is 6.20 Å². The Morgan fingerprint density at radius 1 is 1.59 bits per heavy atom. The lowest BCUT2D eigenvalue weighted by Gasteiger charge is -2.10. The van der Waals surface area contributed by atoms with Crippen LogP contribution in [0.2, 0.25) is 0 Å². The Morgan fingerprint density at radius 2 is 2.24 bits per heavy atom. The number of carbonyl (C=O) groups excluding carboxylic acids is 1. The van der Waals surface area contributed by atoms with Crippen LogP contribution in [0.4, 0.5) is 13.2 Å². The summed E-state index contributed by atoms with van der Waals surface area (Å²) in [6, 6.07) is 0. The van der Waals surface area contributed by atoms with E-state index in [2.05, 4.69) is 9.72 Å². The van der Waals surface area contributed by atoms with Gasteiger partial charge >= 0.3 is 5.97 Å². The molecule has 0 saturated heterocycles. The standard InChI is InChI=1S/C10H9F3INO2/c1-2-17-7(16)3-5-6(9(12)13)4-15-10(14)8(5)11/h4,9H,2-3H2,1H3. The molecule has 0 aliphatic rings. The molecule has 0 unspecified atom stereocenters. The summed E-state index contributed by atoms with van der Waals surface area (Å²) in [5, 5.41) is 0. The Morgan fingerprint density at radius 3 is 2.76 bits per heavy atom. The van der Waals surface area contributed by atoms with Crippen molar-refractivity contribution in [3.63, 3.8) is 0 Å². The predicted octanol–water partition coefficient (Wildman–Crippen LogP) is 2.87. The van der Waals surface area contributed by atoms with Crippen molar-refractivity contribution < 1.29 is 22.7 Å². The number of alkyl halides is 2. The average molecular weight is 359 g/mol. The molecule has 7 heteroatoms. The van der Waals surface area contributed by atoms with E-state index in [4.69, 9.17) is 0 Å². The highest BCUT2D eigenvalue weighted by Gasteiger charge is 2.22. The van der Waals surface area contributed by atoms with E-state index in [1.54, 1.807) is 29.5 Å². The number of pyridine rings is 1. The van der Waals surface area contributed by atoms with Crippen molar-refractivity contribution in [1.82, 2.24) is 4.98 Å². The first-order valence-electron chi connectivity index (χ1n) is 4.73. The highest BCUT2D eigenvalue weighted by Crippen LogP contribution is 2.26. The molecule has 1 heterocycles. The minimum atomic E-state index is -2.88. The normalized spacial score (nSPS) is 10.7. The second kappa shape index (κ2) is 6.18. The van der Waals surface area contributed by atoms with Crippen LogP contribution in [0.3, 0.4) is 0 Å². The number of nitrogens with zero attached hydrogens (tertiary/aromatic N) is 1. The first-order chi connectivity index (χ1) is 7.97. The van der Waals surface area contributed by atoms with E-state index in [0.29, 0.717) is 0 Å². The molecule has 0 saturated carbocycles. The molecule has 0 atom stereocenters. The summed E-state index contributed by atoms with van der Waals surface area (Å²) in [6.07, 6.45) is -2.51. The zero-order chi connectivity index (χ0) is 13.0. The number of rotatable bonds is 4. The number of hydrogen-bond acceptors (Lipinski definition) is 3. The quantitative estimate of drug-likeness (QED) is 0.472. The molecule has 0 amide bonds. The minimum Gasteiger partial charge on any atom is -0.466 e. The fourth-order valence-corrected chi connectivity index (χ4v) is 1.70. The van der Waals surface area contributed by atoms with Gasteiger partial charge in [-0.15, -0.1) is 0 Å². The first-order valence-corrected chi connectivity index (χ1v) is 5.81. The summed E-state index contributed by atoms with van der Waals surface area (Å²) in [4.78, 5) is 14.7. The maximum absolute atomic E-state index is 13.6. The molecule has 0 fully saturated rings. The lowest BCUT2D eigenvalue weighted by Crippen LogP contribution is -2.12. The number of carbonyl (C=O) groups is 1. The maximum atomic E-state index is 13.6. The van der Waals surface area contributed by atoms with Crippen LogP contribution in [-0.2, 0) is 16.0 Å². The molecule has 0 N–H and O–H groups in total. The van der Waals surface area contributed by atoms with Gasteiger partial charge in [0.2, 0.25) is 0 Å². The van der Waals surface area contributed by atoms with Crippen molar-refractivity contribution in [3.8, 4) is 0 Å². The van der Waals surface area contributed by atoms with Gasteiger partial charge in [-0.1, -0.05) is 0 Å². The number of esters is 1. The third-order valence-corrected chi connectivity index (χ3v) is 2.73. The number of halogens is 4. The summed E-state index contributed by atoms with van der Waals surface area (Å²) < 4.78 is 43.4. The summed E-state index contributed by atoms with van der Waals surface area (Å²) in [5.74, 6) is -1.63. The Bertz CT molecular complexity index is 426. The molecule has 17 heavy (non-hydrogen) atoms. The fraction of sp³-hybridized carbons (Fsp3) is 0.400. The average Bonchev–Trinajstić information content (AvgIpc) is 2.25. The number of ether oxygens (including phenoxy) is 1. The zero-order valence-corrected chi connectivity index (χ0v) is 11.0. The fourth-order valence-electron chi connectivity index (χ4n) is 1.24. The first kappa shape index (κ1) is 14.2. The van der Waals surface area contributed by atoms with E-state index >= 15 is 0 Å². The van der Waals surface area contributed by atoms with Crippen LogP contribution in [0.25, 0.3) is 0 Å². The summed E-state index contributed by atoms with van der Waals surface area (Å²) in [6.45, 7) is 1.70. The van der Waals surface area contributed by atoms with Crippen LogP contribution in [0.5, 0.6) is 0 Å². The van der Waals surface area contributed by atoms with E-state index in [1.165, 1.54) is 0 Å². The van der Waals surface area contributed by atoms with E-state index in [1.807, 2.05) is 0 Å². The second-order valence-corrected chi connectivity index (χ2v) is 4.10. The minimum absolute atomic E-state index is 0.0497. The van der Waals surface area contributed by atoms with Crippen molar-refractivity contribution in [3.05, 3.63) is 26.8 Å². The Hall–Kier alpha value is -0.860. The van der Waals surface area contributed by atoms with Crippen molar-refractivity contribution in [2.24, 2.45) is 0 Å². The van der Waals surface area contributed by atoms with Gasteiger partial charge in [-0.05, 0) is 29.5 Å². The van der Waals surface area contributed by atoms with Gasteiger partial charge in [-0.25, -0.2) is 18.2 Å². The number of hydrogen-bond donors (Lipinski definition) is 0. The van der Waals surface area contributed by atoms with Gasteiger partial charge in [0, 0.05) is 17.3 Å². The molecule has 1 rings (SSSR count). The third-order valence-electron chi connectivity index (χ3n) is 1.97. The topological polar surface area (TPSA) is 39.2 Å². The van der Waals surface area contributed by atoms with E-state index in [9.17, 15) is 18.0 Å². The van der Waals surface area contributed by atoms with Crippen LogP contribution >= 0.6 is 22.6 Å². The SMILES string of the molecule is CCOC(=O)Cc1c(C(F)F)cnc(I)c1F. The molecule has 0 bridgehead atoms. The van der Waals surface area contributed by atoms with Crippen LogP contribution in [0.1, 0.15) is 24.5 Å². The van der Waals surface area contributed by atoms with E-state index in [0.717, 1.165) is 6.20 Å². The van der Waals surface area contributed by atoms with Gasteiger partial charge in [-0.3, -0.25) is 4.79 Å². The van der Waals surface area contributed by atoms with Gasteiger partial charge < -0.3 is 4.74 Å². The monoisotopic (exact) mass is 359 g/mol. The highest BCUT2D eigenvalue weighted by molar-refractivity contribution is 14.1. The van der Waals surface area contributed by atoms with Crippen molar-refractivity contribution in [2.45, 2.75) is 19.8 Å². The molecule has 0 aromatic carbocycles. The van der Waals surface area contributed by atoms with E-state index in [-0.39, 0.29) is 15.9 Å². The molecule has 1 aromatic rings. The second-order valence-electron chi connectivity index (χ2n) is 3.08. The molecular formula is C10H9F3INO2. The summed E-state index contributed by atoms with van der Waals surface area (Å²) in [5.41, 5.74) is -0.922. The van der Waals surface area contributed by atoms with Gasteiger partial charge in [0.05, 0.1) is 13.0 Å². The number of aromatic nitrogens is 1. The predicted molar refractivity (Wildman–Crippen MR) is 62.2 cm³/mol. The zero-order valence-electron chi connectivity index (χ0n) is 8.84. The van der Waals surface area contributed by atoms with Gasteiger partial charge in [0.1, 0.15) is 3.70 Å². The Labute approximate surface area is 110 Å². The molecule has 1 aromatic heterocycles. The Balaban J connectivity index is 3.10. The largest absolute Gasteiger partial charge is 0.466 e. The summed E-state index contributed by atoms with van der Waals surface area (Å²) >= 11 is 1.58. The van der Waals surface area contributed by atoms with Crippen LogP contribution < -0.4 is 0 Å². The molecular weight excluding hydrogens is 350 g/mol. The summed E-state index contributed by atoms with van der Waals surface area (Å²) in [7, 11) is 0. The highest BCUT2D eigenvalue weighted by atomic mass is 127. The van der Waals surface area contributed by atoms with Crippen molar-refractivity contribution in [1.29, 1.82) is 0 Å². The maximum Gasteiger partial charge on any atom is 0.310 e. The lowest BCUT2D eigenvalue weighted by molar-refractivity contribution is -0.142. The molecule has 94 valence electrons. The van der Waals surface area contributed by atoms with Crippen LogP contribution in [-0.4, -0.2) is 17.6 Å². The smallest absolute Gasteiger partial charge is 0.310 e. The van der Waals surface area contributed by atoms with Crippen LogP contribution in [0, 0.1) is 9.52 Å². The van der Waals surface area contributed by atoms with Gasteiger partial charge in [-0.2, -0.15) is 0 Å². The Kier molecular flexibility index (Phi) is 5.16. The molecule has 0 spiro atoms. The van der Waals surface area contributed by atoms with E-state index < -0.39 is 30.2 Å². The molecule has 0 aliphatic heterocycles. The van der Waals surface area contributed by atoms with Gasteiger partial charge in [0.25, 0.3) is 6.43 Å². The van der Waals surface area contributed by atoms with Gasteiger partial charge in [0.15, 0.2) is 5.82 Å². The molecule has 0 radical (unpaired) electrons. The molecule has 0 aliphatic carbocycles. The third kappa shape index (κ3) is 3.55. The van der Waals surface area contributed by atoms with Crippen molar-refractivity contribution >= 4 is 28.6 Å². The lowest BCUT2D eigenvalue weighted by atomic mass is 10.1.